The van der Waals surface area contributed by atoms with Gasteiger partial charge in [-0.3, -0.25) is 4.79 Å². The Balaban J connectivity index is 0.00000180. The van der Waals surface area contributed by atoms with Crippen LogP contribution in [0.4, 0.5) is 5.69 Å². The molecule has 0 aliphatic carbocycles. The van der Waals surface area contributed by atoms with Crippen LogP contribution in [-0.4, -0.2) is 50.6 Å². The summed E-state index contributed by atoms with van der Waals surface area (Å²) in [5.74, 6) is 0.163. The average Bonchev–Trinajstić information content (AvgIpc) is 2.40. The van der Waals surface area contributed by atoms with Gasteiger partial charge in [0.15, 0.2) is 0 Å². The molecule has 1 amide bonds. The van der Waals surface area contributed by atoms with Crippen molar-refractivity contribution in [2.45, 2.75) is 0 Å². The van der Waals surface area contributed by atoms with Crippen LogP contribution in [0.2, 0.25) is 5.02 Å². The van der Waals surface area contributed by atoms with E-state index in [0.29, 0.717) is 6.54 Å². The van der Waals surface area contributed by atoms with Crippen LogP contribution in [0.1, 0.15) is 0 Å². The molecule has 2 rings (SSSR count). The molecule has 1 fully saturated rings. The Morgan fingerprint density at radius 2 is 1.89 bits per heavy atom. The van der Waals surface area contributed by atoms with Gasteiger partial charge in [0.05, 0.1) is 17.3 Å². The summed E-state index contributed by atoms with van der Waals surface area (Å²) in [5.41, 5.74) is 1.06. The molecule has 0 bridgehead atoms. The molecule has 1 saturated heterocycles. The first kappa shape index (κ1) is 16.1. The van der Waals surface area contributed by atoms with E-state index in [1.807, 2.05) is 29.2 Å². The van der Waals surface area contributed by atoms with Gasteiger partial charge in [0.2, 0.25) is 5.91 Å². The molecule has 0 atom stereocenters. The highest BCUT2D eigenvalue weighted by Gasteiger charge is 2.21. The Kier molecular flexibility index (Phi) is 6.42. The Morgan fingerprint density at radius 1 is 1.26 bits per heavy atom. The predicted octanol–water partition coefficient (Wildman–Crippen LogP) is 1.63. The first-order chi connectivity index (χ1) is 8.72. The molecule has 0 aromatic heterocycles. The van der Waals surface area contributed by atoms with Crippen molar-refractivity contribution in [1.29, 1.82) is 0 Å². The highest BCUT2D eigenvalue weighted by Crippen LogP contribution is 2.25. The molecule has 19 heavy (non-hydrogen) atoms. The van der Waals surface area contributed by atoms with Gasteiger partial charge >= 0.3 is 0 Å². The van der Waals surface area contributed by atoms with Gasteiger partial charge in [0.1, 0.15) is 0 Å². The third-order valence-electron chi connectivity index (χ3n) is 3.15. The van der Waals surface area contributed by atoms with Gasteiger partial charge < -0.3 is 15.1 Å². The van der Waals surface area contributed by atoms with Crippen molar-refractivity contribution in [2.24, 2.45) is 0 Å². The van der Waals surface area contributed by atoms with Crippen LogP contribution in [0, 0.1) is 0 Å². The number of carbonyl (C=O) groups is 1. The third-order valence-corrected chi connectivity index (χ3v) is 3.47. The largest absolute Gasteiger partial charge is 0.367 e. The number of halogens is 2. The normalized spacial score (nSPS) is 15.1. The van der Waals surface area contributed by atoms with E-state index in [1.54, 1.807) is 7.05 Å². The van der Waals surface area contributed by atoms with E-state index < -0.39 is 0 Å². The molecular weight excluding hydrogens is 285 g/mol. The second-order valence-corrected chi connectivity index (χ2v) is 4.76. The second-order valence-electron chi connectivity index (χ2n) is 4.35. The first-order valence-electron chi connectivity index (χ1n) is 6.14. The highest BCUT2D eigenvalue weighted by atomic mass is 35.5. The van der Waals surface area contributed by atoms with Crippen LogP contribution in [0.3, 0.4) is 0 Å². The van der Waals surface area contributed by atoms with E-state index in [4.69, 9.17) is 11.6 Å². The number of rotatable bonds is 3. The first-order valence-corrected chi connectivity index (χ1v) is 6.52. The zero-order valence-corrected chi connectivity index (χ0v) is 12.5. The number of likely N-dealkylation sites (N-methyl/N-ethyl adjacent to an activating group) is 1. The quantitative estimate of drug-likeness (QED) is 0.922. The second kappa shape index (κ2) is 7.58. The van der Waals surface area contributed by atoms with Crippen LogP contribution in [0.25, 0.3) is 0 Å². The lowest BCUT2D eigenvalue weighted by Gasteiger charge is -2.36. The standard InChI is InChI=1S/C13H18ClN3O.ClH/c1-15-10-13(18)17-8-6-16(7-9-17)12-5-3-2-4-11(12)14;/h2-5,15H,6-10H2,1H3;1H. The molecule has 0 radical (unpaired) electrons. The van der Waals surface area contributed by atoms with Gasteiger partial charge in [0, 0.05) is 26.2 Å². The van der Waals surface area contributed by atoms with Gasteiger partial charge in [-0.1, -0.05) is 23.7 Å². The van der Waals surface area contributed by atoms with Crippen molar-refractivity contribution in [2.75, 3.05) is 44.7 Å². The van der Waals surface area contributed by atoms with E-state index in [1.165, 1.54) is 0 Å². The van der Waals surface area contributed by atoms with Crippen molar-refractivity contribution in [3.05, 3.63) is 29.3 Å². The van der Waals surface area contributed by atoms with Crippen LogP contribution in [0.5, 0.6) is 0 Å². The van der Waals surface area contributed by atoms with Gasteiger partial charge in [-0.15, -0.1) is 12.4 Å². The topological polar surface area (TPSA) is 35.6 Å². The van der Waals surface area contributed by atoms with Crippen molar-refractivity contribution >= 4 is 35.6 Å². The summed E-state index contributed by atoms with van der Waals surface area (Å²) in [7, 11) is 1.79. The number of anilines is 1. The minimum atomic E-state index is 0. The number of nitrogens with zero attached hydrogens (tertiary/aromatic N) is 2. The van der Waals surface area contributed by atoms with Crippen LogP contribution in [-0.2, 0) is 4.79 Å². The van der Waals surface area contributed by atoms with E-state index in [-0.39, 0.29) is 18.3 Å². The maximum Gasteiger partial charge on any atom is 0.236 e. The van der Waals surface area contributed by atoms with E-state index in [9.17, 15) is 4.79 Å². The molecule has 4 nitrogen and oxygen atoms in total. The van der Waals surface area contributed by atoms with Gasteiger partial charge in [-0.25, -0.2) is 0 Å². The fourth-order valence-corrected chi connectivity index (χ4v) is 2.42. The van der Waals surface area contributed by atoms with Crippen LogP contribution < -0.4 is 10.2 Å². The minimum absolute atomic E-state index is 0. The Bertz CT molecular complexity index is 420. The average molecular weight is 304 g/mol. The van der Waals surface area contributed by atoms with Gasteiger partial charge in [-0.05, 0) is 19.2 Å². The van der Waals surface area contributed by atoms with E-state index in [2.05, 4.69) is 10.2 Å². The summed E-state index contributed by atoms with van der Waals surface area (Å²) >= 11 is 6.17. The van der Waals surface area contributed by atoms with Crippen molar-refractivity contribution in [1.82, 2.24) is 10.2 Å². The predicted molar refractivity (Wildman–Crippen MR) is 81.4 cm³/mol. The molecular formula is C13H19Cl2N3O. The number of carbonyl (C=O) groups excluding carboxylic acids is 1. The molecule has 1 heterocycles. The summed E-state index contributed by atoms with van der Waals surface area (Å²) in [5, 5.41) is 3.66. The lowest BCUT2D eigenvalue weighted by atomic mass is 10.2. The van der Waals surface area contributed by atoms with Gasteiger partial charge in [-0.2, -0.15) is 0 Å². The molecule has 1 aliphatic rings. The number of hydrogen-bond donors (Lipinski definition) is 1. The molecule has 1 aromatic carbocycles. The number of amides is 1. The SMILES string of the molecule is CNCC(=O)N1CCN(c2ccccc2Cl)CC1.Cl. The number of piperazine rings is 1. The number of hydrogen-bond acceptors (Lipinski definition) is 3. The van der Waals surface area contributed by atoms with Gasteiger partial charge in [0.25, 0.3) is 0 Å². The van der Waals surface area contributed by atoms with Crippen LogP contribution in [0.15, 0.2) is 24.3 Å². The van der Waals surface area contributed by atoms with Crippen molar-refractivity contribution < 1.29 is 4.79 Å². The zero-order valence-electron chi connectivity index (χ0n) is 10.9. The lowest BCUT2D eigenvalue weighted by Crippen LogP contribution is -2.50. The Morgan fingerprint density at radius 3 is 2.47 bits per heavy atom. The minimum Gasteiger partial charge on any atom is -0.367 e. The molecule has 106 valence electrons. The third kappa shape index (κ3) is 4.00. The maximum atomic E-state index is 11.7. The molecule has 1 N–H and O–H groups in total. The summed E-state index contributed by atoms with van der Waals surface area (Å²) in [6, 6.07) is 7.83. The number of benzene rings is 1. The molecule has 0 saturated carbocycles. The molecule has 6 heteroatoms. The summed E-state index contributed by atoms with van der Waals surface area (Å²) in [6.45, 7) is 3.59. The Labute approximate surface area is 125 Å². The van der Waals surface area contributed by atoms with Crippen molar-refractivity contribution in [3.8, 4) is 0 Å². The fourth-order valence-electron chi connectivity index (χ4n) is 2.17. The lowest BCUT2D eigenvalue weighted by molar-refractivity contribution is -0.130. The summed E-state index contributed by atoms with van der Waals surface area (Å²) in [4.78, 5) is 15.8. The fraction of sp³-hybridized carbons (Fsp3) is 0.462. The molecule has 0 spiro atoms. The number of para-hydroxylation sites is 1. The summed E-state index contributed by atoms with van der Waals surface area (Å²) in [6.07, 6.45) is 0. The van der Waals surface area contributed by atoms with Crippen LogP contribution >= 0.6 is 24.0 Å². The molecule has 0 unspecified atom stereocenters. The zero-order chi connectivity index (χ0) is 13.0. The molecule has 1 aromatic rings. The van der Waals surface area contributed by atoms with Crippen molar-refractivity contribution in [3.63, 3.8) is 0 Å². The smallest absolute Gasteiger partial charge is 0.236 e. The highest BCUT2D eigenvalue weighted by molar-refractivity contribution is 6.33. The monoisotopic (exact) mass is 303 g/mol. The summed E-state index contributed by atoms with van der Waals surface area (Å²) < 4.78 is 0. The maximum absolute atomic E-state index is 11.7. The number of nitrogens with one attached hydrogen (secondary N) is 1. The molecule has 1 aliphatic heterocycles. The van der Waals surface area contributed by atoms with E-state index in [0.717, 1.165) is 36.9 Å². The Hall–Kier alpha value is -0.970. The van der Waals surface area contributed by atoms with E-state index >= 15 is 0 Å².